The van der Waals surface area contributed by atoms with Crippen molar-refractivity contribution < 1.29 is 4.39 Å². The molecule has 0 radical (unpaired) electrons. The molecule has 5 nitrogen and oxygen atoms in total. The monoisotopic (exact) mass is 335 g/mol. The van der Waals surface area contributed by atoms with Crippen LogP contribution in [0.15, 0.2) is 42.5 Å². The Balaban J connectivity index is 1.44. The largest absolute Gasteiger partial charge is 0.369 e. The predicted octanol–water partition coefficient (Wildman–Crippen LogP) is 3.65. The molecule has 0 unspecified atom stereocenters. The van der Waals surface area contributed by atoms with Crippen molar-refractivity contribution in [1.29, 1.82) is 5.26 Å². The molecule has 2 aromatic carbocycles. The van der Waals surface area contributed by atoms with Crippen LogP contribution in [-0.4, -0.2) is 29.1 Å². The number of nitrogens with zero attached hydrogens (tertiary/aromatic N) is 3. The second kappa shape index (κ2) is 6.44. The Morgan fingerprint density at radius 3 is 2.72 bits per heavy atom. The summed E-state index contributed by atoms with van der Waals surface area (Å²) in [4.78, 5) is 9.81. The highest BCUT2D eigenvalue weighted by molar-refractivity contribution is 5.83. The van der Waals surface area contributed by atoms with E-state index in [9.17, 15) is 4.39 Å². The molecule has 1 aliphatic rings. The summed E-state index contributed by atoms with van der Waals surface area (Å²) >= 11 is 0. The summed E-state index contributed by atoms with van der Waals surface area (Å²) in [5.74, 6) is 0.511. The normalized spacial score (nSPS) is 15.3. The number of benzene rings is 2. The molecule has 0 aliphatic carbocycles. The number of para-hydroxylation sites is 2. The highest BCUT2D eigenvalue weighted by atomic mass is 19.1. The summed E-state index contributed by atoms with van der Waals surface area (Å²) < 4.78 is 13.9. The molecule has 1 aliphatic heterocycles. The number of imidazole rings is 1. The number of fused-ring (bicyclic) bond motifs is 1. The first-order chi connectivity index (χ1) is 12.2. The van der Waals surface area contributed by atoms with Crippen molar-refractivity contribution >= 4 is 22.7 Å². The third-order valence-electron chi connectivity index (χ3n) is 4.66. The average molecular weight is 335 g/mol. The van der Waals surface area contributed by atoms with Gasteiger partial charge in [0.25, 0.3) is 0 Å². The van der Waals surface area contributed by atoms with Gasteiger partial charge in [-0.15, -0.1) is 0 Å². The van der Waals surface area contributed by atoms with Gasteiger partial charge in [0.1, 0.15) is 17.4 Å². The minimum atomic E-state index is -0.171. The minimum Gasteiger partial charge on any atom is -0.369 e. The van der Waals surface area contributed by atoms with Crippen molar-refractivity contribution in [3.8, 4) is 6.07 Å². The number of aromatic nitrogens is 2. The van der Waals surface area contributed by atoms with E-state index in [1.54, 1.807) is 12.1 Å². The molecule has 0 spiro atoms. The Bertz CT molecular complexity index is 934. The first kappa shape index (κ1) is 15.5. The number of anilines is 2. The lowest BCUT2D eigenvalue weighted by Gasteiger charge is -2.34. The van der Waals surface area contributed by atoms with E-state index in [0.29, 0.717) is 22.7 Å². The number of hydrogen-bond acceptors (Lipinski definition) is 4. The zero-order valence-corrected chi connectivity index (χ0v) is 13.7. The molecule has 1 saturated heterocycles. The lowest BCUT2D eigenvalue weighted by atomic mass is 10.0. The van der Waals surface area contributed by atoms with Gasteiger partial charge in [0, 0.05) is 19.1 Å². The van der Waals surface area contributed by atoms with Crippen LogP contribution in [0.5, 0.6) is 0 Å². The van der Waals surface area contributed by atoms with Crippen LogP contribution in [0.2, 0.25) is 0 Å². The molecular formula is C19H18FN5. The summed E-state index contributed by atoms with van der Waals surface area (Å²) in [5.41, 5.74) is 2.78. The number of halogens is 1. The third kappa shape index (κ3) is 3.01. The number of piperidine rings is 1. The van der Waals surface area contributed by atoms with Crippen LogP contribution in [0.3, 0.4) is 0 Å². The van der Waals surface area contributed by atoms with Crippen LogP contribution >= 0.6 is 0 Å². The van der Waals surface area contributed by atoms with Crippen LogP contribution in [0, 0.1) is 17.1 Å². The van der Waals surface area contributed by atoms with Crippen molar-refractivity contribution in [1.82, 2.24) is 9.97 Å². The fourth-order valence-corrected chi connectivity index (χ4v) is 3.36. The van der Waals surface area contributed by atoms with Crippen LogP contribution in [0.1, 0.15) is 18.4 Å². The number of aromatic amines is 1. The molecule has 25 heavy (non-hydrogen) atoms. The van der Waals surface area contributed by atoms with Crippen LogP contribution in [0.25, 0.3) is 11.0 Å². The van der Waals surface area contributed by atoms with Crippen molar-refractivity contribution in [2.45, 2.75) is 18.9 Å². The van der Waals surface area contributed by atoms with Gasteiger partial charge in [-0.25, -0.2) is 9.37 Å². The van der Waals surface area contributed by atoms with Gasteiger partial charge >= 0.3 is 0 Å². The van der Waals surface area contributed by atoms with E-state index in [4.69, 9.17) is 5.26 Å². The van der Waals surface area contributed by atoms with Crippen molar-refractivity contribution in [2.24, 2.45) is 0 Å². The topological polar surface area (TPSA) is 67.7 Å². The first-order valence-electron chi connectivity index (χ1n) is 8.39. The molecule has 6 heteroatoms. The van der Waals surface area contributed by atoms with E-state index in [1.165, 1.54) is 6.07 Å². The number of hydrogen-bond donors (Lipinski definition) is 2. The summed E-state index contributed by atoms with van der Waals surface area (Å²) in [6.45, 7) is 1.59. The van der Waals surface area contributed by atoms with E-state index < -0.39 is 0 Å². The van der Waals surface area contributed by atoms with Gasteiger partial charge in [-0.1, -0.05) is 18.2 Å². The summed E-state index contributed by atoms with van der Waals surface area (Å²) in [5, 5.41) is 12.6. The van der Waals surface area contributed by atoms with Crippen molar-refractivity contribution in [3.63, 3.8) is 0 Å². The van der Waals surface area contributed by atoms with Gasteiger partial charge < -0.3 is 15.2 Å². The fourth-order valence-electron chi connectivity index (χ4n) is 3.36. The van der Waals surface area contributed by atoms with Gasteiger partial charge in [-0.3, -0.25) is 0 Å². The molecule has 0 bridgehead atoms. The van der Waals surface area contributed by atoms with E-state index in [0.717, 1.165) is 31.4 Å². The maximum absolute atomic E-state index is 13.9. The number of rotatable bonds is 3. The van der Waals surface area contributed by atoms with E-state index in [-0.39, 0.29) is 11.9 Å². The molecule has 1 aromatic heterocycles. The molecule has 2 heterocycles. The molecule has 3 aromatic rings. The smallest absolute Gasteiger partial charge is 0.201 e. The van der Waals surface area contributed by atoms with Gasteiger partial charge in [-0.05, 0) is 37.1 Å². The van der Waals surface area contributed by atoms with Gasteiger partial charge in [0.2, 0.25) is 5.95 Å². The molecular weight excluding hydrogens is 317 g/mol. The lowest BCUT2D eigenvalue weighted by Crippen LogP contribution is -2.39. The van der Waals surface area contributed by atoms with Crippen LogP contribution in [-0.2, 0) is 0 Å². The van der Waals surface area contributed by atoms with Gasteiger partial charge in [0.15, 0.2) is 0 Å². The summed E-state index contributed by atoms with van der Waals surface area (Å²) in [6, 6.07) is 14.9. The molecule has 1 fully saturated rings. The average Bonchev–Trinajstić information content (AvgIpc) is 3.05. The molecule has 4 rings (SSSR count). The van der Waals surface area contributed by atoms with Crippen LogP contribution in [0.4, 0.5) is 16.0 Å². The van der Waals surface area contributed by atoms with E-state index in [2.05, 4.69) is 26.3 Å². The number of nitrogens with one attached hydrogen (secondary N) is 2. The minimum absolute atomic E-state index is 0.171. The number of nitriles is 1. The Morgan fingerprint density at radius 1 is 1.16 bits per heavy atom. The zero-order chi connectivity index (χ0) is 17.2. The summed E-state index contributed by atoms with van der Waals surface area (Å²) in [6.07, 6.45) is 1.80. The predicted molar refractivity (Wildman–Crippen MR) is 96.1 cm³/mol. The standard InChI is InChI=1S/C19H18FN5/c20-15-5-1-2-7-17(15)25-10-8-14(9-11-25)22-19-23-16-6-3-4-13(12-21)18(16)24-19/h1-7,14H,8-11H2,(H2,22,23,24). The van der Waals surface area contributed by atoms with Gasteiger partial charge in [0.05, 0.1) is 16.8 Å². The Kier molecular flexibility index (Phi) is 3.98. The Morgan fingerprint density at radius 2 is 1.96 bits per heavy atom. The van der Waals surface area contributed by atoms with Crippen LogP contribution < -0.4 is 10.2 Å². The molecule has 0 amide bonds. The fraction of sp³-hybridized carbons (Fsp3) is 0.263. The molecule has 2 N–H and O–H groups in total. The zero-order valence-electron chi connectivity index (χ0n) is 13.7. The quantitative estimate of drug-likeness (QED) is 0.766. The highest BCUT2D eigenvalue weighted by Crippen LogP contribution is 2.25. The third-order valence-corrected chi connectivity index (χ3v) is 4.66. The molecule has 0 atom stereocenters. The maximum Gasteiger partial charge on any atom is 0.201 e. The number of H-pyrrole nitrogens is 1. The molecule has 0 saturated carbocycles. The second-order valence-corrected chi connectivity index (χ2v) is 6.26. The second-order valence-electron chi connectivity index (χ2n) is 6.26. The Labute approximate surface area is 145 Å². The first-order valence-corrected chi connectivity index (χ1v) is 8.39. The lowest BCUT2D eigenvalue weighted by molar-refractivity contribution is 0.514. The SMILES string of the molecule is N#Cc1cccc2[nH]c(NC3CCN(c4ccccc4F)CC3)nc12. The maximum atomic E-state index is 13.9. The van der Waals surface area contributed by atoms with E-state index in [1.807, 2.05) is 24.3 Å². The van der Waals surface area contributed by atoms with E-state index >= 15 is 0 Å². The summed E-state index contributed by atoms with van der Waals surface area (Å²) in [7, 11) is 0. The van der Waals surface area contributed by atoms with Gasteiger partial charge in [-0.2, -0.15) is 5.26 Å². The van der Waals surface area contributed by atoms with Crippen molar-refractivity contribution in [3.05, 3.63) is 53.8 Å². The van der Waals surface area contributed by atoms with Crippen molar-refractivity contribution in [2.75, 3.05) is 23.3 Å². The Hall–Kier alpha value is -3.07. The molecule has 126 valence electrons. The highest BCUT2D eigenvalue weighted by Gasteiger charge is 2.22.